The number of aromatic nitrogens is 2. The molecule has 27 heavy (non-hydrogen) atoms. The molecule has 1 heterocycles. The monoisotopic (exact) mass is 360 g/mol. The van der Waals surface area contributed by atoms with Crippen LogP contribution in [0.25, 0.3) is 0 Å². The Hall–Kier alpha value is -3.21. The van der Waals surface area contributed by atoms with Crippen molar-refractivity contribution in [1.82, 2.24) is 9.97 Å². The zero-order chi connectivity index (χ0) is 19.4. The van der Waals surface area contributed by atoms with Crippen molar-refractivity contribution in [3.63, 3.8) is 0 Å². The standard InChI is InChI=1S/C22H24N4O/c1-5-17-11-7-10-16(4)20(17)26-22-23-12-18(13-24-22)21(27)25-19-14(2)8-6-9-15(19)3/h6-13H,5H2,1-4H3,(H,25,27)(H,23,24,26). The molecule has 0 spiro atoms. The number of para-hydroxylation sites is 2. The highest BCUT2D eigenvalue weighted by molar-refractivity contribution is 6.04. The summed E-state index contributed by atoms with van der Waals surface area (Å²) in [7, 11) is 0. The van der Waals surface area contributed by atoms with E-state index in [9.17, 15) is 4.79 Å². The molecule has 1 amide bonds. The number of nitrogens with one attached hydrogen (secondary N) is 2. The molecule has 0 bridgehead atoms. The highest BCUT2D eigenvalue weighted by Gasteiger charge is 2.12. The van der Waals surface area contributed by atoms with Gasteiger partial charge in [-0.3, -0.25) is 4.79 Å². The van der Waals surface area contributed by atoms with E-state index in [4.69, 9.17) is 0 Å². The SMILES string of the molecule is CCc1cccc(C)c1Nc1ncc(C(=O)Nc2c(C)cccc2C)cn1. The molecule has 0 atom stereocenters. The number of nitrogens with zero attached hydrogens (tertiary/aromatic N) is 2. The van der Waals surface area contributed by atoms with E-state index in [-0.39, 0.29) is 5.91 Å². The Morgan fingerprint density at radius 1 is 0.889 bits per heavy atom. The third-order valence-electron chi connectivity index (χ3n) is 4.61. The molecule has 0 unspecified atom stereocenters. The Morgan fingerprint density at radius 3 is 2.04 bits per heavy atom. The van der Waals surface area contributed by atoms with Crippen LogP contribution in [0.4, 0.5) is 17.3 Å². The van der Waals surface area contributed by atoms with E-state index in [1.807, 2.05) is 51.1 Å². The molecular formula is C22H24N4O. The van der Waals surface area contributed by atoms with Gasteiger partial charge in [-0.1, -0.05) is 43.3 Å². The van der Waals surface area contributed by atoms with Gasteiger partial charge >= 0.3 is 0 Å². The van der Waals surface area contributed by atoms with Crippen LogP contribution in [0.15, 0.2) is 48.8 Å². The largest absolute Gasteiger partial charge is 0.324 e. The van der Waals surface area contributed by atoms with Crippen LogP contribution in [0.5, 0.6) is 0 Å². The lowest BCUT2D eigenvalue weighted by Crippen LogP contribution is -2.15. The topological polar surface area (TPSA) is 66.9 Å². The molecule has 0 fully saturated rings. The molecule has 5 nitrogen and oxygen atoms in total. The second-order valence-electron chi connectivity index (χ2n) is 6.60. The van der Waals surface area contributed by atoms with Crippen LogP contribution in [0.1, 0.15) is 39.5 Å². The van der Waals surface area contributed by atoms with Crippen molar-refractivity contribution < 1.29 is 4.79 Å². The summed E-state index contributed by atoms with van der Waals surface area (Å²) in [6, 6.07) is 12.1. The van der Waals surface area contributed by atoms with E-state index in [1.165, 1.54) is 5.56 Å². The summed E-state index contributed by atoms with van der Waals surface area (Å²) in [4.78, 5) is 21.2. The average Bonchev–Trinajstić information content (AvgIpc) is 2.67. The van der Waals surface area contributed by atoms with E-state index in [1.54, 1.807) is 12.4 Å². The van der Waals surface area contributed by atoms with Gasteiger partial charge in [0.2, 0.25) is 5.95 Å². The number of hydrogen-bond donors (Lipinski definition) is 2. The minimum Gasteiger partial charge on any atom is -0.324 e. The minimum atomic E-state index is -0.218. The van der Waals surface area contributed by atoms with E-state index < -0.39 is 0 Å². The summed E-state index contributed by atoms with van der Waals surface area (Å²) in [6.07, 6.45) is 4.00. The van der Waals surface area contributed by atoms with Crippen molar-refractivity contribution in [2.24, 2.45) is 0 Å². The van der Waals surface area contributed by atoms with Gasteiger partial charge in [0, 0.05) is 23.8 Å². The molecule has 0 aliphatic heterocycles. The van der Waals surface area contributed by atoms with E-state index >= 15 is 0 Å². The first-order valence-electron chi connectivity index (χ1n) is 9.04. The molecule has 0 aliphatic rings. The maximum Gasteiger partial charge on any atom is 0.258 e. The maximum absolute atomic E-state index is 12.5. The lowest BCUT2D eigenvalue weighted by Gasteiger charge is -2.13. The van der Waals surface area contributed by atoms with Crippen molar-refractivity contribution in [3.05, 3.63) is 76.6 Å². The predicted octanol–water partition coefficient (Wildman–Crippen LogP) is 4.96. The predicted molar refractivity (Wildman–Crippen MR) is 110 cm³/mol. The quantitative estimate of drug-likeness (QED) is 0.675. The van der Waals surface area contributed by atoms with Crippen molar-refractivity contribution in [2.75, 3.05) is 10.6 Å². The van der Waals surface area contributed by atoms with E-state index in [0.717, 1.165) is 34.5 Å². The first kappa shape index (κ1) is 18.6. The van der Waals surface area contributed by atoms with Crippen LogP contribution in [-0.2, 0) is 6.42 Å². The van der Waals surface area contributed by atoms with Crippen LogP contribution in [0.2, 0.25) is 0 Å². The highest BCUT2D eigenvalue weighted by atomic mass is 16.1. The molecule has 3 aromatic rings. The Bertz CT molecular complexity index is 944. The normalized spacial score (nSPS) is 10.5. The van der Waals surface area contributed by atoms with Gasteiger partial charge in [-0.15, -0.1) is 0 Å². The fourth-order valence-electron chi connectivity index (χ4n) is 3.02. The number of benzene rings is 2. The molecule has 0 saturated heterocycles. The number of carbonyl (C=O) groups excluding carboxylic acids is 1. The third kappa shape index (κ3) is 4.14. The number of aryl methyl sites for hydroxylation is 4. The summed E-state index contributed by atoms with van der Waals surface area (Å²) in [5.74, 6) is 0.256. The number of amides is 1. The fraction of sp³-hybridized carbons (Fsp3) is 0.227. The van der Waals surface area contributed by atoms with Gasteiger partial charge in [0.15, 0.2) is 0 Å². The van der Waals surface area contributed by atoms with Crippen LogP contribution in [-0.4, -0.2) is 15.9 Å². The smallest absolute Gasteiger partial charge is 0.258 e. The highest BCUT2D eigenvalue weighted by Crippen LogP contribution is 2.24. The van der Waals surface area contributed by atoms with Crippen LogP contribution >= 0.6 is 0 Å². The molecule has 0 saturated carbocycles. The zero-order valence-corrected chi connectivity index (χ0v) is 16.1. The molecule has 1 aromatic heterocycles. The lowest BCUT2D eigenvalue weighted by molar-refractivity contribution is 0.102. The van der Waals surface area contributed by atoms with Crippen LogP contribution in [0.3, 0.4) is 0 Å². The molecule has 3 rings (SSSR count). The molecule has 138 valence electrons. The van der Waals surface area contributed by atoms with Crippen LogP contribution in [0, 0.1) is 20.8 Å². The second kappa shape index (κ2) is 7.99. The van der Waals surface area contributed by atoms with E-state index in [2.05, 4.69) is 33.6 Å². The van der Waals surface area contributed by atoms with Gasteiger partial charge in [-0.2, -0.15) is 0 Å². The third-order valence-corrected chi connectivity index (χ3v) is 4.61. The van der Waals surface area contributed by atoms with Crippen molar-refractivity contribution in [3.8, 4) is 0 Å². The number of carbonyl (C=O) groups is 1. The Kier molecular flexibility index (Phi) is 5.50. The summed E-state index contributed by atoms with van der Waals surface area (Å²) in [6.45, 7) is 8.11. The Balaban J connectivity index is 1.77. The second-order valence-corrected chi connectivity index (χ2v) is 6.60. The summed E-state index contributed by atoms with van der Waals surface area (Å²) in [5, 5.41) is 6.22. The molecule has 0 aliphatic carbocycles. The molecule has 2 aromatic carbocycles. The van der Waals surface area contributed by atoms with Crippen molar-refractivity contribution >= 4 is 23.2 Å². The van der Waals surface area contributed by atoms with Crippen molar-refractivity contribution in [2.45, 2.75) is 34.1 Å². The fourth-order valence-corrected chi connectivity index (χ4v) is 3.02. The maximum atomic E-state index is 12.5. The Morgan fingerprint density at radius 2 is 1.44 bits per heavy atom. The van der Waals surface area contributed by atoms with Gasteiger partial charge in [0.25, 0.3) is 5.91 Å². The van der Waals surface area contributed by atoms with Crippen molar-refractivity contribution in [1.29, 1.82) is 0 Å². The van der Waals surface area contributed by atoms with Gasteiger partial charge < -0.3 is 10.6 Å². The number of rotatable bonds is 5. The molecular weight excluding hydrogens is 336 g/mol. The van der Waals surface area contributed by atoms with Gasteiger partial charge in [0.05, 0.1) is 5.56 Å². The van der Waals surface area contributed by atoms with Gasteiger partial charge in [-0.25, -0.2) is 9.97 Å². The Labute approximate surface area is 159 Å². The van der Waals surface area contributed by atoms with Crippen LogP contribution < -0.4 is 10.6 Å². The lowest BCUT2D eigenvalue weighted by atomic mass is 10.1. The number of hydrogen-bond acceptors (Lipinski definition) is 4. The average molecular weight is 360 g/mol. The summed E-state index contributed by atoms with van der Waals surface area (Å²) in [5.41, 5.74) is 6.65. The molecule has 0 radical (unpaired) electrons. The van der Waals surface area contributed by atoms with Gasteiger partial charge in [-0.05, 0) is 49.4 Å². The first-order valence-corrected chi connectivity index (χ1v) is 9.04. The van der Waals surface area contributed by atoms with E-state index in [0.29, 0.717) is 11.5 Å². The first-order chi connectivity index (χ1) is 13.0. The van der Waals surface area contributed by atoms with Gasteiger partial charge in [0.1, 0.15) is 0 Å². The minimum absolute atomic E-state index is 0.218. The summed E-state index contributed by atoms with van der Waals surface area (Å²) < 4.78 is 0. The molecule has 5 heteroatoms. The molecule has 2 N–H and O–H groups in total. The summed E-state index contributed by atoms with van der Waals surface area (Å²) >= 11 is 0. The zero-order valence-electron chi connectivity index (χ0n) is 16.1. The number of anilines is 3.